The lowest BCUT2D eigenvalue weighted by Gasteiger charge is -2.08. The Hall–Kier alpha value is -4.14. The maximum Gasteiger partial charge on any atom is 0.513 e. The van der Waals surface area contributed by atoms with Crippen molar-refractivity contribution in [1.82, 2.24) is 0 Å². The van der Waals surface area contributed by atoms with Crippen molar-refractivity contribution in [3.05, 3.63) is 24.7 Å². The van der Waals surface area contributed by atoms with Crippen LogP contribution in [0, 0.1) is 0 Å². The predicted octanol–water partition coefficient (Wildman–Crippen LogP) is 6.79. The van der Waals surface area contributed by atoms with E-state index in [1.165, 1.54) is 0 Å². The van der Waals surface area contributed by atoms with Gasteiger partial charge in [-0.15, -0.1) is 0 Å². The van der Waals surface area contributed by atoms with Gasteiger partial charge in [-0.1, -0.05) is 13.2 Å². The van der Waals surface area contributed by atoms with Crippen LogP contribution in [-0.2, 0) is 61.8 Å². The average Bonchev–Trinajstić information content (AvgIpc) is 3.06. The first-order chi connectivity index (χ1) is 24.5. The number of ether oxygens (including phenoxy) is 9. The Balaban J connectivity index is 3.46. The molecule has 0 bridgehead atoms. The van der Waals surface area contributed by atoms with Gasteiger partial charge in [0.25, 0.3) is 0 Å². The smallest absolute Gasteiger partial charge is 0.466 e. The summed E-state index contributed by atoms with van der Waals surface area (Å²) in [5.74, 6) is -0.718. The molecule has 15 heteroatoms. The highest BCUT2D eigenvalue weighted by molar-refractivity contribution is 5.70. The molecule has 0 aromatic carbocycles. The summed E-state index contributed by atoms with van der Waals surface area (Å²) >= 11 is 0. The summed E-state index contributed by atoms with van der Waals surface area (Å²) in [5.41, 5.74) is 0. The van der Waals surface area contributed by atoms with Crippen molar-refractivity contribution in [1.29, 1.82) is 0 Å². The number of allylic oxidation sites excluding steroid dienone is 2. The molecule has 0 fully saturated rings. The molecular weight excluding hydrogens is 672 g/mol. The Morgan fingerprint density at radius 2 is 0.627 bits per heavy atom. The number of rotatable bonds is 32. The van der Waals surface area contributed by atoms with Crippen molar-refractivity contribution >= 4 is 36.2 Å². The second-order valence-electron chi connectivity index (χ2n) is 11.5. The predicted molar refractivity (Wildman–Crippen MR) is 183 cm³/mol. The Morgan fingerprint density at radius 1 is 0.353 bits per heavy atom. The Kier molecular flexibility index (Phi) is 30.3. The van der Waals surface area contributed by atoms with E-state index in [4.69, 9.17) is 33.2 Å². The van der Waals surface area contributed by atoms with Gasteiger partial charge in [0, 0.05) is 25.7 Å². The largest absolute Gasteiger partial charge is 0.513 e. The molecule has 0 aliphatic heterocycles. The molecule has 292 valence electrons. The summed E-state index contributed by atoms with van der Waals surface area (Å²) in [6, 6.07) is 0. The molecule has 0 atom stereocenters. The standard InChI is InChI=1S/C36H58O15/c1-29(2)50-35(41)48-23-15-7-11-17-31(37)44-21-13-5-9-19-33(39)46-27-25-43-26-28-47-34(40)20-10-6-14-22-45-32(38)18-12-8-16-24-49-36(42)51-30(3)4/h1,3,5-28H2,2,4H3. The number of hydrogen-bond donors (Lipinski definition) is 0. The van der Waals surface area contributed by atoms with Crippen LogP contribution in [-0.4, -0.2) is 89.0 Å². The zero-order chi connectivity index (χ0) is 38.0. The van der Waals surface area contributed by atoms with Crippen molar-refractivity contribution in [2.24, 2.45) is 0 Å². The van der Waals surface area contributed by atoms with Crippen LogP contribution in [0.25, 0.3) is 0 Å². The molecule has 0 spiro atoms. The summed E-state index contributed by atoms with van der Waals surface area (Å²) in [5, 5.41) is 0. The Labute approximate surface area is 301 Å². The van der Waals surface area contributed by atoms with E-state index in [2.05, 4.69) is 22.6 Å². The number of carbonyl (C=O) groups excluding carboxylic acids is 6. The third-order valence-electron chi connectivity index (χ3n) is 6.56. The van der Waals surface area contributed by atoms with Gasteiger partial charge in [0.15, 0.2) is 0 Å². The van der Waals surface area contributed by atoms with Crippen molar-refractivity contribution in [3.63, 3.8) is 0 Å². The molecule has 0 rings (SSSR count). The lowest BCUT2D eigenvalue weighted by atomic mass is 10.2. The van der Waals surface area contributed by atoms with Crippen molar-refractivity contribution < 1.29 is 71.4 Å². The molecule has 0 aromatic rings. The normalized spacial score (nSPS) is 10.4. The highest BCUT2D eigenvalue weighted by Gasteiger charge is 2.09. The molecule has 0 amide bonds. The van der Waals surface area contributed by atoms with Crippen LogP contribution in [0.2, 0.25) is 0 Å². The van der Waals surface area contributed by atoms with Crippen LogP contribution in [0.15, 0.2) is 24.7 Å². The molecule has 0 aliphatic rings. The van der Waals surface area contributed by atoms with E-state index in [0.717, 1.165) is 0 Å². The fourth-order valence-electron chi connectivity index (χ4n) is 4.04. The van der Waals surface area contributed by atoms with Gasteiger partial charge < -0.3 is 42.6 Å². The third kappa shape index (κ3) is 35.5. The first kappa shape index (κ1) is 46.9. The van der Waals surface area contributed by atoms with Gasteiger partial charge in [-0.3, -0.25) is 19.2 Å². The van der Waals surface area contributed by atoms with Crippen molar-refractivity contribution in [2.75, 3.05) is 52.9 Å². The molecule has 15 nitrogen and oxygen atoms in total. The van der Waals surface area contributed by atoms with Gasteiger partial charge in [0.05, 0.1) is 39.6 Å². The summed E-state index contributed by atoms with van der Waals surface area (Å²) in [4.78, 5) is 69.6. The average molecular weight is 731 g/mol. The highest BCUT2D eigenvalue weighted by Crippen LogP contribution is 2.07. The van der Waals surface area contributed by atoms with E-state index in [1.807, 2.05) is 0 Å². The van der Waals surface area contributed by atoms with Gasteiger partial charge in [0.1, 0.15) is 24.7 Å². The van der Waals surface area contributed by atoms with E-state index < -0.39 is 12.3 Å². The minimum atomic E-state index is -0.784. The van der Waals surface area contributed by atoms with Crippen LogP contribution >= 0.6 is 0 Å². The quantitative estimate of drug-likeness (QED) is 0.0304. The molecule has 0 radical (unpaired) electrons. The van der Waals surface area contributed by atoms with Gasteiger partial charge >= 0.3 is 36.2 Å². The molecule has 0 aromatic heterocycles. The summed E-state index contributed by atoms with van der Waals surface area (Å²) < 4.78 is 45.0. The van der Waals surface area contributed by atoms with Gasteiger partial charge in [-0.25, -0.2) is 9.59 Å². The van der Waals surface area contributed by atoms with E-state index in [9.17, 15) is 28.8 Å². The monoisotopic (exact) mass is 730 g/mol. The number of carbonyl (C=O) groups is 6. The van der Waals surface area contributed by atoms with Crippen LogP contribution in [0.1, 0.15) is 117 Å². The number of hydrogen-bond acceptors (Lipinski definition) is 15. The Morgan fingerprint density at radius 3 is 0.922 bits per heavy atom. The van der Waals surface area contributed by atoms with E-state index in [-0.39, 0.29) is 101 Å². The minimum absolute atomic E-state index is 0.100. The van der Waals surface area contributed by atoms with Gasteiger partial charge in [0.2, 0.25) is 0 Å². The summed E-state index contributed by atoms with van der Waals surface area (Å²) in [6.45, 7) is 11.6. The van der Waals surface area contributed by atoms with Crippen LogP contribution in [0.3, 0.4) is 0 Å². The maximum atomic E-state index is 11.8. The number of unbranched alkanes of at least 4 members (excludes halogenated alkanes) is 8. The topological polar surface area (TPSA) is 185 Å². The van der Waals surface area contributed by atoms with Crippen LogP contribution in [0.5, 0.6) is 0 Å². The minimum Gasteiger partial charge on any atom is -0.466 e. The molecule has 0 aliphatic carbocycles. The second kappa shape index (κ2) is 33.0. The summed E-state index contributed by atoms with van der Waals surface area (Å²) in [6.07, 6.45) is 7.38. The maximum absolute atomic E-state index is 11.8. The van der Waals surface area contributed by atoms with Gasteiger partial charge in [-0.05, 0) is 90.9 Å². The fraction of sp³-hybridized carbons (Fsp3) is 0.722. The van der Waals surface area contributed by atoms with Crippen LogP contribution in [0.4, 0.5) is 9.59 Å². The molecule has 0 N–H and O–H groups in total. The zero-order valence-electron chi connectivity index (χ0n) is 30.5. The van der Waals surface area contributed by atoms with E-state index >= 15 is 0 Å². The van der Waals surface area contributed by atoms with E-state index in [0.29, 0.717) is 90.3 Å². The number of esters is 4. The highest BCUT2D eigenvalue weighted by atomic mass is 16.7. The van der Waals surface area contributed by atoms with Crippen LogP contribution < -0.4 is 0 Å². The summed E-state index contributed by atoms with van der Waals surface area (Å²) in [7, 11) is 0. The molecular formula is C36H58O15. The lowest BCUT2D eigenvalue weighted by molar-refractivity contribution is -0.148. The SMILES string of the molecule is C=C(C)OC(=O)OCCCCCC(=O)OCCCCCC(=O)OCCOCCOC(=O)CCCCCOC(=O)CCCCCOC(=O)OC(=C)C. The van der Waals surface area contributed by atoms with Crippen molar-refractivity contribution in [3.8, 4) is 0 Å². The zero-order valence-corrected chi connectivity index (χ0v) is 30.5. The molecule has 0 unspecified atom stereocenters. The molecule has 51 heavy (non-hydrogen) atoms. The second-order valence-corrected chi connectivity index (χ2v) is 11.5. The third-order valence-corrected chi connectivity index (χ3v) is 6.56. The van der Waals surface area contributed by atoms with Gasteiger partial charge in [-0.2, -0.15) is 0 Å². The Bertz CT molecular complexity index is 960. The van der Waals surface area contributed by atoms with Crippen molar-refractivity contribution in [2.45, 2.75) is 117 Å². The first-order valence-corrected chi connectivity index (χ1v) is 17.7. The molecule has 0 heterocycles. The van der Waals surface area contributed by atoms with E-state index in [1.54, 1.807) is 13.8 Å². The first-order valence-electron chi connectivity index (χ1n) is 17.7. The fourth-order valence-corrected chi connectivity index (χ4v) is 4.04. The molecule has 0 saturated heterocycles. The molecule has 0 saturated carbocycles. The lowest BCUT2D eigenvalue weighted by Crippen LogP contribution is -2.14.